The molecule has 0 spiro atoms. The highest BCUT2D eigenvalue weighted by Crippen LogP contribution is 2.38. The van der Waals surface area contributed by atoms with Gasteiger partial charge in [0.2, 0.25) is 5.71 Å². The van der Waals surface area contributed by atoms with Crippen molar-refractivity contribution in [2.75, 3.05) is 31.1 Å². The second kappa shape index (κ2) is 17.1. The van der Waals surface area contributed by atoms with Crippen LogP contribution < -0.4 is 4.90 Å². The van der Waals surface area contributed by atoms with Gasteiger partial charge in [-0.15, -0.1) is 0 Å². The molecule has 0 saturated carbocycles. The molecule has 1 aliphatic carbocycles. The summed E-state index contributed by atoms with van der Waals surface area (Å²) in [7, 11) is -4.46. The van der Waals surface area contributed by atoms with Gasteiger partial charge in [0, 0.05) is 48.3 Å². The quantitative estimate of drug-likeness (QED) is 0.148. The van der Waals surface area contributed by atoms with Crippen LogP contribution in [-0.2, 0) is 10.1 Å². The van der Waals surface area contributed by atoms with Gasteiger partial charge in [-0.2, -0.15) is 8.42 Å². The molecule has 5 nitrogen and oxygen atoms in total. The molecule has 2 aromatic carbocycles. The van der Waals surface area contributed by atoms with E-state index in [9.17, 15) is 13.0 Å². The first kappa shape index (κ1) is 36.5. The van der Waals surface area contributed by atoms with Gasteiger partial charge in [-0.05, 0) is 98.7 Å². The third-order valence-corrected chi connectivity index (χ3v) is 9.66. The summed E-state index contributed by atoms with van der Waals surface area (Å²) in [4.78, 5) is 2.45. The summed E-state index contributed by atoms with van der Waals surface area (Å²) in [6.45, 7) is 21.7. The average molecular weight is 634 g/mol. The highest BCUT2D eigenvalue weighted by atomic mass is 32.2. The largest absolute Gasteiger partial charge is 0.371 e. The summed E-state index contributed by atoms with van der Waals surface area (Å²) in [6.07, 6.45) is 13.6. The predicted molar refractivity (Wildman–Crippen MR) is 193 cm³/mol. The highest BCUT2D eigenvalue weighted by molar-refractivity contribution is 7.86. The molecule has 0 aromatic heterocycles. The Morgan fingerprint density at radius 3 is 1.71 bits per heavy atom. The second-order valence-electron chi connectivity index (χ2n) is 12.7. The summed E-state index contributed by atoms with van der Waals surface area (Å²) in [5.41, 5.74) is 10.5. The van der Waals surface area contributed by atoms with Gasteiger partial charge in [-0.25, -0.2) is 4.58 Å². The molecule has 0 heterocycles. The van der Waals surface area contributed by atoms with Crippen LogP contribution in [0.15, 0.2) is 70.2 Å². The fourth-order valence-corrected chi connectivity index (χ4v) is 7.34. The smallest absolute Gasteiger partial charge is 0.295 e. The number of nitrogens with zero attached hydrogens (tertiary/aromatic N) is 2. The summed E-state index contributed by atoms with van der Waals surface area (Å²) in [5.74, 6) is 0. The average Bonchev–Trinajstić information content (AvgIpc) is 2.98. The number of rotatable bonds is 16. The number of unbranched alkanes of at least 4 members (excludes halogenated alkanes) is 4. The highest BCUT2D eigenvalue weighted by Gasteiger charge is 2.27. The lowest BCUT2D eigenvalue weighted by Crippen LogP contribution is -2.27. The Labute approximate surface area is 274 Å². The minimum absolute atomic E-state index is 0.0706. The zero-order valence-electron chi connectivity index (χ0n) is 29.2. The van der Waals surface area contributed by atoms with E-state index in [2.05, 4.69) is 89.2 Å². The molecule has 45 heavy (non-hydrogen) atoms. The van der Waals surface area contributed by atoms with Gasteiger partial charge >= 0.3 is 0 Å². The monoisotopic (exact) mass is 633 g/mol. The third kappa shape index (κ3) is 9.29. The van der Waals surface area contributed by atoms with E-state index >= 15 is 0 Å². The van der Waals surface area contributed by atoms with Gasteiger partial charge in [0.05, 0.1) is 0 Å². The lowest BCUT2D eigenvalue weighted by molar-refractivity contribution is -0.528. The first-order chi connectivity index (χ1) is 21.5. The summed E-state index contributed by atoms with van der Waals surface area (Å²) in [6, 6.07) is 11.2. The number of aryl methyl sites for hydroxylation is 2. The lowest BCUT2D eigenvalue weighted by Gasteiger charge is -2.29. The van der Waals surface area contributed by atoms with Crippen molar-refractivity contribution in [1.29, 1.82) is 0 Å². The number of hydrogen-bond donors (Lipinski definition) is 1. The standard InChI is InChI=1S/C39H56N2O3S/c1-9-13-21-40(22-14-10-2)38-29(5)25-33(26-30(38)6)37(35-19-17-18-20-36(35)45(42,43)44)34-27-31(7)39(32(8)28-34)41(23-15-11-3)24-16-12-4/h17-20,25-28H,9-16,21-24H2,1-8H3/p+1. The molecule has 0 fully saturated rings. The molecule has 0 aliphatic heterocycles. The number of benzene rings is 2. The molecule has 0 radical (unpaired) electrons. The van der Waals surface area contributed by atoms with E-state index in [-0.39, 0.29) is 4.90 Å². The molecule has 0 atom stereocenters. The Hall–Kier alpha value is -2.96. The maximum Gasteiger partial charge on any atom is 0.295 e. The maximum atomic E-state index is 12.7. The van der Waals surface area contributed by atoms with Crippen LogP contribution in [0.2, 0.25) is 0 Å². The summed E-state index contributed by atoms with van der Waals surface area (Å²) < 4.78 is 38.3. The molecule has 3 rings (SSSR count). The Balaban J connectivity index is 2.35. The second-order valence-corrected chi connectivity index (χ2v) is 14.0. The zero-order chi connectivity index (χ0) is 33.1. The molecule has 246 valence electrons. The van der Waals surface area contributed by atoms with Crippen LogP contribution >= 0.6 is 0 Å². The summed E-state index contributed by atoms with van der Waals surface area (Å²) >= 11 is 0. The fourth-order valence-electron chi connectivity index (χ4n) is 6.64. The van der Waals surface area contributed by atoms with E-state index in [1.807, 2.05) is 12.1 Å². The van der Waals surface area contributed by atoms with Gasteiger partial charge in [0.1, 0.15) is 18.0 Å². The Morgan fingerprint density at radius 2 is 1.24 bits per heavy atom. The molecular formula is C39H57N2O3S+. The number of hydrogen-bond acceptors (Lipinski definition) is 3. The fraction of sp³-hybridized carbons (Fsp3) is 0.513. The van der Waals surface area contributed by atoms with Crippen LogP contribution in [0.25, 0.3) is 5.57 Å². The van der Waals surface area contributed by atoms with Crippen molar-refractivity contribution in [3.05, 3.63) is 87.5 Å². The van der Waals surface area contributed by atoms with E-state index < -0.39 is 10.1 Å². The van der Waals surface area contributed by atoms with Crippen LogP contribution in [0.4, 0.5) is 5.69 Å². The molecule has 0 amide bonds. The van der Waals surface area contributed by atoms with Crippen molar-refractivity contribution in [1.82, 2.24) is 0 Å². The lowest BCUT2D eigenvalue weighted by atomic mass is 9.85. The molecule has 2 aromatic rings. The third-order valence-electron chi connectivity index (χ3n) is 8.75. The SMILES string of the molecule is CCCCN(CCCC)c1c(C)cc(C(=C2C=C(C)C(=[N+](CCCC)CCCC)C(C)=C2)c2ccccc2S(=O)(=O)O)cc1C. The van der Waals surface area contributed by atoms with Gasteiger partial charge in [-0.3, -0.25) is 4.55 Å². The van der Waals surface area contributed by atoms with Crippen LogP contribution in [-0.4, -0.2) is 49.4 Å². The molecule has 0 bridgehead atoms. The van der Waals surface area contributed by atoms with Gasteiger partial charge in [-0.1, -0.05) is 71.6 Å². The van der Waals surface area contributed by atoms with E-state index in [0.29, 0.717) is 5.56 Å². The van der Waals surface area contributed by atoms with Crippen LogP contribution in [0.1, 0.15) is 115 Å². The van der Waals surface area contributed by atoms with Crippen molar-refractivity contribution in [2.45, 2.75) is 112 Å². The first-order valence-corrected chi connectivity index (χ1v) is 18.6. The number of allylic oxidation sites excluding steroid dienone is 5. The van der Waals surface area contributed by atoms with E-state index in [1.54, 1.807) is 6.07 Å². The molecular weight excluding hydrogens is 577 g/mol. The Morgan fingerprint density at radius 1 is 0.756 bits per heavy atom. The van der Waals surface area contributed by atoms with Gasteiger partial charge in [0.25, 0.3) is 10.1 Å². The van der Waals surface area contributed by atoms with Crippen LogP contribution in [0.5, 0.6) is 0 Å². The van der Waals surface area contributed by atoms with Crippen LogP contribution in [0, 0.1) is 13.8 Å². The van der Waals surface area contributed by atoms with Crippen molar-refractivity contribution >= 4 is 27.1 Å². The molecule has 1 aliphatic rings. The minimum Gasteiger partial charge on any atom is -0.371 e. The van der Waals surface area contributed by atoms with E-state index in [4.69, 9.17) is 0 Å². The summed E-state index contributed by atoms with van der Waals surface area (Å²) in [5, 5.41) is 0. The topological polar surface area (TPSA) is 60.6 Å². The predicted octanol–water partition coefficient (Wildman–Crippen LogP) is 9.72. The van der Waals surface area contributed by atoms with Gasteiger partial charge < -0.3 is 4.90 Å². The minimum atomic E-state index is -4.46. The van der Waals surface area contributed by atoms with E-state index in [1.165, 1.54) is 39.7 Å². The van der Waals surface area contributed by atoms with Crippen molar-refractivity contribution in [3.63, 3.8) is 0 Å². The zero-order valence-corrected chi connectivity index (χ0v) is 30.0. The first-order valence-electron chi connectivity index (χ1n) is 17.1. The molecule has 0 saturated heterocycles. The molecule has 6 heteroatoms. The normalized spacial score (nSPS) is 13.5. The van der Waals surface area contributed by atoms with Crippen LogP contribution in [0.3, 0.4) is 0 Å². The number of anilines is 1. The van der Waals surface area contributed by atoms with Crippen molar-refractivity contribution in [3.8, 4) is 0 Å². The maximum absolute atomic E-state index is 12.7. The van der Waals surface area contributed by atoms with Crippen molar-refractivity contribution in [2.24, 2.45) is 0 Å². The Bertz CT molecular complexity index is 1500. The molecule has 1 N–H and O–H groups in total. The molecule has 0 unspecified atom stereocenters. The van der Waals surface area contributed by atoms with Gasteiger partial charge in [0.15, 0.2) is 0 Å². The van der Waals surface area contributed by atoms with E-state index in [0.717, 1.165) is 94.3 Å². The van der Waals surface area contributed by atoms with Crippen molar-refractivity contribution < 1.29 is 17.5 Å². The Kier molecular flexibility index (Phi) is 13.9.